The molecule has 0 amide bonds. The molecule has 0 fully saturated rings. The van der Waals surface area contributed by atoms with Gasteiger partial charge in [-0.1, -0.05) is 30.0 Å². The second kappa shape index (κ2) is 6.91. The van der Waals surface area contributed by atoms with E-state index in [1.165, 1.54) is 17.8 Å². The molecule has 4 nitrogen and oxygen atoms in total. The average Bonchev–Trinajstić information content (AvgIpc) is 2.57. The molecule has 2 aromatic rings. The van der Waals surface area contributed by atoms with Gasteiger partial charge in [0.15, 0.2) is 5.17 Å². The lowest BCUT2D eigenvalue weighted by Crippen LogP contribution is -2.29. The Morgan fingerprint density at radius 3 is 2.96 bits per heavy atom. The molecule has 1 atom stereocenters. The van der Waals surface area contributed by atoms with Crippen LogP contribution in [0.2, 0.25) is 0 Å². The SMILES string of the molecule is C[C@@]1(c2cc(Cc3ncccc3CO)ccc2F)CCSC(N)=N1. The van der Waals surface area contributed by atoms with E-state index >= 15 is 0 Å². The first-order valence-corrected chi connectivity index (χ1v) is 8.81. The van der Waals surface area contributed by atoms with E-state index in [-0.39, 0.29) is 12.4 Å². The number of nitrogens with two attached hydrogens (primary N) is 1. The summed E-state index contributed by atoms with van der Waals surface area (Å²) in [5.74, 6) is 0.554. The molecule has 24 heavy (non-hydrogen) atoms. The number of hydrogen-bond acceptors (Lipinski definition) is 5. The largest absolute Gasteiger partial charge is 0.392 e. The maximum Gasteiger partial charge on any atom is 0.154 e. The van der Waals surface area contributed by atoms with E-state index < -0.39 is 5.54 Å². The maximum absolute atomic E-state index is 14.4. The number of amidine groups is 1. The van der Waals surface area contributed by atoms with E-state index in [1.807, 2.05) is 19.1 Å². The predicted octanol–water partition coefficient (Wildman–Crippen LogP) is 2.97. The van der Waals surface area contributed by atoms with Crippen LogP contribution in [0.1, 0.15) is 35.7 Å². The molecule has 126 valence electrons. The van der Waals surface area contributed by atoms with Gasteiger partial charge in [-0.25, -0.2) is 4.39 Å². The molecule has 0 bridgehead atoms. The van der Waals surface area contributed by atoms with Crippen LogP contribution in [0.25, 0.3) is 0 Å². The van der Waals surface area contributed by atoms with Gasteiger partial charge in [-0.3, -0.25) is 9.98 Å². The van der Waals surface area contributed by atoms with Gasteiger partial charge in [-0.05, 0) is 36.6 Å². The van der Waals surface area contributed by atoms with Gasteiger partial charge in [0.2, 0.25) is 0 Å². The first-order chi connectivity index (χ1) is 11.5. The van der Waals surface area contributed by atoms with Crippen molar-refractivity contribution in [2.75, 3.05) is 5.75 Å². The summed E-state index contributed by atoms with van der Waals surface area (Å²) in [4.78, 5) is 8.82. The standard InChI is InChI=1S/C18H20FN3OS/c1-18(6-8-24-17(20)22-18)14-9-12(4-5-15(14)19)10-16-13(11-23)3-2-7-21-16/h2-5,7,9,23H,6,8,10-11H2,1H3,(H2,20,22)/t18-/m0/s1. The van der Waals surface area contributed by atoms with Gasteiger partial charge in [-0.15, -0.1) is 0 Å². The van der Waals surface area contributed by atoms with Crippen molar-refractivity contribution in [1.82, 2.24) is 4.98 Å². The zero-order chi connectivity index (χ0) is 17.2. The number of aromatic nitrogens is 1. The molecule has 6 heteroatoms. The molecule has 0 saturated carbocycles. The molecule has 3 rings (SSSR count). The summed E-state index contributed by atoms with van der Waals surface area (Å²) < 4.78 is 14.4. The number of rotatable bonds is 4. The Balaban J connectivity index is 1.96. The zero-order valence-corrected chi connectivity index (χ0v) is 14.3. The molecular weight excluding hydrogens is 325 g/mol. The Morgan fingerprint density at radius 2 is 2.21 bits per heavy atom. The summed E-state index contributed by atoms with van der Waals surface area (Å²) in [6.45, 7) is 1.86. The molecule has 1 aromatic carbocycles. The molecule has 1 aliphatic rings. The molecule has 1 aliphatic heterocycles. The summed E-state index contributed by atoms with van der Waals surface area (Å²) in [6, 6.07) is 8.71. The van der Waals surface area contributed by atoms with Crippen molar-refractivity contribution in [2.24, 2.45) is 10.7 Å². The van der Waals surface area contributed by atoms with Crippen molar-refractivity contribution in [3.8, 4) is 0 Å². The first kappa shape index (κ1) is 16.9. The number of aliphatic hydroxyl groups is 1. The Kier molecular flexibility index (Phi) is 4.87. The fourth-order valence-electron chi connectivity index (χ4n) is 2.94. The Hall–Kier alpha value is -1.92. The van der Waals surface area contributed by atoms with Crippen LogP contribution in [0.3, 0.4) is 0 Å². The van der Waals surface area contributed by atoms with Crippen LogP contribution < -0.4 is 5.73 Å². The lowest BCUT2D eigenvalue weighted by Gasteiger charge is -2.30. The number of nitrogens with zero attached hydrogens (tertiary/aromatic N) is 2. The highest BCUT2D eigenvalue weighted by Crippen LogP contribution is 2.37. The van der Waals surface area contributed by atoms with Gasteiger partial charge in [0.1, 0.15) is 5.82 Å². The van der Waals surface area contributed by atoms with E-state index in [4.69, 9.17) is 5.73 Å². The number of pyridine rings is 1. The predicted molar refractivity (Wildman–Crippen MR) is 95.4 cm³/mol. The highest BCUT2D eigenvalue weighted by Gasteiger charge is 2.32. The van der Waals surface area contributed by atoms with Gasteiger partial charge in [0.25, 0.3) is 0 Å². The van der Waals surface area contributed by atoms with E-state index in [1.54, 1.807) is 18.3 Å². The lowest BCUT2D eigenvalue weighted by atomic mass is 9.87. The number of hydrogen-bond donors (Lipinski definition) is 2. The Morgan fingerprint density at radius 1 is 1.38 bits per heavy atom. The van der Waals surface area contributed by atoms with Crippen molar-refractivity contribution in [1.29, 1.82) is 0 Å². The van der Waals surface area contributed by atoms with Crippen LogP contribution in [0.4, 0.5) is 4.39 Å². The van der Waals surface area contributed by atoms with Gasteiger partial charge < -0.3 is 10.8 Å². The second-order valence-electron chi connectivity index (χ2n) is 6.08. The van der Waals surface area contributed by atoms with E-state index in [2.05, 4.69) is 9.98 Å². The van der Waals surface area contributed by atoms with Crippen LogP contribution in [-0.2, 0) is 18.6 Å². The fourth-order valence-corrected chi connectivity index (χ4v) is 3.92. The van der Waals surface area contributed by atoms with Crippen molar-refractivity contribution in [2.45, 2.75) is 31.9 Å². The van der Waals surface area contributed by atoms with Crippen molar-refractivity contribution in [3.63, 3.8) is 0 Å². The van der Waals surface area contributed by atoms with E-state index in [0.29, 0.717) is 17.2 Å². The highest BCUT2D eigenvalue weighted by molar-refractivity contribution is 8.13. The average molecular weight is 345 g/mol. The number of benzene rings is 1. The van der Waals surface area contributed by atoms with Gasteiger partial charge in [-0.2, -0.15) is 0 Å². The second-order valence-corrected chi connectivity index (χ2v) is 7.20. The fraction of sp³-hybridized carbons (Fsp3) is 0.333. The summed E-state index contributed by atoms with van der Waals surface area (Å²) >= 11 is 1.50. The van der Waals surface area contributed by atoms with Crippen LogP contribution >= 0.6 is 11.8 Å². The van der Waals surface area contributed by atoms with Crippen molar-refractivity contribution >= 4 is 16.9 Å². The summed E-state index contributed by atoms with van der Waals surface area (Å²) in [7, 11) is 0. The smallest absolute Gasteiger partial charge is 0.154 e. The number of aliphatic imine (C=N–C) groups is 1. The van der Waals surface area contributed by atoms with Crippen LogP contribution in [0, 0.1) is 5.82 Å². The molecule has 1 aromatic heterocycles. The lowest BCUT2D eigenvalue weighted by molar-refractivity contribution is 0.280. The molecule has 2 heterocycles. The Bertz CT molecular complexity index is 781. The minimum atomic E-state index is -0.640. The normalized spacial score (nSPS) is 20.7. The minimum absolute atomic E-state index is 0.0625. The quantitative estimate of drug-likeness (QED) is 0.894. The number of halogens is 1. The van der Waals surface area contributed by atoms with Gasteiger partial charge in [0.05, 0.1) is 17.8 Å². The van der Waals surface area contributed by atoms with Crippen molar-refractivity contribution < 1.29 is 9.50 Å². The first-order valence-electron chi connectivity index (χ1n) is 7.82. The molecule has 0 radical (unpaired) electrons. The van der Waals surface area contributed by atoms with Crippen LogP contribution in [0.5, 0.6) is 0 Å². The number of aliphatic hydroxyl groups excluding tert-OH is 1. The molecule has 0 unspecified atom stereocenters. The monoisotopic (exact) mass is 345 g/mol. The molecular formula is C18H20FN3OS. The van der Waals surface area contributed by atoms with Gasteiger partial charge in [0, 0.05) is 23.9 Å². The molecule has 0 aliphatic carbocycles. The summed E-state index contributed by atoms with van der Waals surface area (Å²) in [5.41, 5.74) is 8.29. The van der Waals surface area contributed by atoms with E-state index in [9.17, 15) is 9.50 Å². The third kappa shape index (κ3) is 3.44. The van der Waals surface area contributed by atoms with Crippen LogP contribution in [-0.4, -0.2) is 21.0 Å². The maximum atomic E-state index is 14.4. The highest BCUT2D eigenvalue weighted by atomic mass is 32.2. The van der Waals surface area contributed by atoms with E-state index in [0.717, 1.165) is 29.0 Å². The zero-order valence-electron chi connectivity index (χ0n) is 13.5. The minimum Gasteiger partial charge on any atom is -0.392 e. The van der Waals surface area contributed by atoms with Crippen LogP contribution in [0.15, 0.2) is 41.5 Å². The third-order valence-electron chi connectivity index (χ3n) is 4.33. The third-order valence-corrected chi connectivity index (χ3v) is 5.13. The molecule has 3 N–H and O–H groups in total. The molecule has 0 saturated heterocycles. The molecule has 0 spiro atoms. The summed E-state index contributed by atoms with van der Waals surface area (Å²) in [5, 5.41) is 9.94. The number of thioether (sulfide) groups is 1. The topological polar surface area (TPSA) is 71.5 Å². The van der Waals surface area contributed by atoms with Crippen molar-refractivity contribution in [3.05, 3.63) is 64.7 Å². The van der Waals surface area contributed by atoms with Gasteiger partial charge >= 0.3 is 0 Å². The Labute approximate surface area is 145 Å². The summed E-state index contributed by atoms with van der Waals surface area (Å²) in [6.07, 6.45) is 2.97.